The van der Waals surface area contributed by atoms with Crippen LogP contribution >= 0.6 is 11.6 Å². The van der Waals surface area contributed by atoms with E-state index < -0.39 is 11.6 Å². The average Bonchev–Trinajstić information content (AvgIpc) is 3.10. The van der Waals surface area contributed by atoms with E-state index in [4.69, 9.17) is 22.3 Å². The molecule has 0 unspecified atom stereocenters. The van der Waals surface area contributed by atoms with Crippen LogP contribution < -0.4 is 11.1 Å². The topological polar surface area (TPSA) is 96.5 Å². The fourth-order valence-corrected chi connectivity index (χ4v) is 5.20. The van der Waals surface area contributed by atoms with Crippen LogP contribution in [0.5, 0.6) is 0 Å². The van der Waals surface area contributed by atoms with Gasteiger partial charge in [-0.3, -0.25) is 9.79 Å². The van der Waals surface area contributed by atoms with Crippen molar-refractivity contribution < 1.29 is 13.6 Å². The number of carbonyl (C=O) groups is 1. The molecule has 4 aromatic rings. The monoisotopic (exact) mass is 558 g/mol. The van der Waals surface area contributed by atoms with Crippen molar-refractivity contribution in [2.24, 2.45) is 10.7 Å². The van der Waals surface area contributed by atoms with E-state index in [1.54, 1.807) is 48.7 Å². The zero-order valence-electron chi connectivity index (χ0n) is 21.4. The summed E-state index contributed by atoms with van der Waals surface area (Å²) < 4.78 is 29.6. The van der Waals surface area contributed by atoms with Gasteiger partial charge in [0.05, 0.1) is 23.5 Å². The van der Waals surface area contributed by atoms with Crippen LogP contribution in [0.4, 0.5) is 20.4 Å². The van der Waals surface area contributed by atoms with Crippen molar-refractivity contribution in [3.8, 4) is 11.3 Å². The van der Waals surface area contributed by atoms with Gasteiger partial charge in [-0.25, -0.2) is 18.7 Å². The minimum absolute atomic E-state index is 0.0166. The van der Waals surface area contributed by atoms with Crippen molar-refractivity contribution in [3.05, 3.63) is 106 Å². The van der Waals surface area contributed by atoms with Crippen molar-refractivity contribution in [1.82, 2.24) is 14.9 Å². The van der Waals surface area contributed by atoms with Crippen LogP contribution in [-0.4, -0.2) is 45.6 Å². The molecule has 2 aliphatic rings. The van der Waals surface area contributed by atoms with Gasteiger partial charge in [-0.1, -0.05) is 23.7 Å². The predicted molar refractivity (Wildman–Crippen MR) is 151 cm³/mol. The van der Waals surface area contributed by atoms with Crippen LogP contribution in [0.15, 0.2) is 71.9 Å². The lowest BCUT2D eigenvalue weighted by molar-refractivity contribution is 0.0715. The van der Waals surface area contributed by atoms with Crippen LogP contribution in [-0.2, 0) is 6.54 Å². The Hall–Kier alpha value is -4.21. The highest BCUT2D eigenvalue weighted by Crippen LogP contribution is 2.34. The van der Waals surface area contributed by atoms with Crippen LogP contribution in [0.1, 0.15) is 39.9 Å². The van der Waals surface area contributed by atoms with Gasteiger partial charge < -0.3 is 16.0 Å². The first-order chi connectivity index (χ1) is 19.4. The van der Waals surface area contributed by atoms with Crippen LogP contribution in [0.2, 0.25) is 5.02 Å². The number of fused-ring (bicyclic) bond motifs is 3. The molecule has 0 spiro atoms. The molecule has 40 heavy (non-hydrogen) atoms. The Morgan fingerprint density at radius 3 is 2.45 bits per heavy atom. The van der Waals surface area contributed by atoms with Gasteiger partial charge in [-0.05, 0) is 61.4 Å². The van der Waals surface area contributed by atoms with E-state index in [9.17, 15) is 13.6 Å². The number of aromatic nitrogens is 2. The Morgan fingerprint density at radius 1 is 1.00 bits per heavy atom. The molecule has 0 radical (unpaired) electrons. The molecule has 3 heterocycles. The Morgan fingerprint density at radius 2 is 1.73 bits per heavy atom. The molecule has 1 aromatic heterocycles. The summed E-state index contributed by atoms with van der Waals surface area (Å²) in [5, 5.41) is 3.59. The zero-order valence-corrected chi connectivity index (χ0v) is 22.1. The Balaban J connectivity index is 1.29. The molecule has 2 aliphatic heterocycles. The summed E-state index contributed by atoms with van der Waals surface area (Å²) in [6.07, 6.45) is 3.25. The third-order valence-corrected chi connectivity index (χ3v) is 7.41. The first-order valence-electron chi connectivity index (χ1n) is 12.9. The Labute approximate surface area is 234 Å². The van der Waals surface area contributed by atoms with E-state index in [-0.39, 0.29) is 29.8 Å². The van der Waals surface area contributed by atoms with E-state index in [0.29, 0.717) is 57.7 Å². The summed E-state index contributed by atoms with van der Waals surface area (Å²) >= 11 is 6.30. The molecule has 10 heteroatoms. The molecule has 0 bridgehead atoms. The molecule has 7 nitrogen and oxygen atoms in total. The number of hydrogen-bond donors (Lipinski definition) is 2. The van der Waals surface area contributed by atoms with Gasteiger partial charge in [0.15, 0.2) is 0 Å². The number of nitrogens with one attached hydrogen (secondary N) is 1. The standard InChI is InChI=1S/C30H25ClF2N6O/c31-19-6-9-22-23(14-19)28(26-24(32)2-1-3-25(26)33)35-15-18-16-36-30(38-27(18)22)37-21-7-4-17(5-8-21)29(40)39-12-10-20(34)11-13-39/h1-9,14,16,20H,10-13,15,34H2,(H,36,37,38). The number of amides is 1. The van der Waals surface area contributed by atoms with E-state index in [2.05, 4.69) is 15.3 Å². The number of carbonyl (C=O) groups excluding carboxylic acids is 1. The van der Waals surface area contributed by atoms with E-state index in [0.717, 1.165) is 12.8 Å². The lowest BCUT2D eigenvalue weighted by atomic mass is 9.95. The maximum absolute atomic E-state index is 14.8. The van der Waals surface area contributed by atoms with Gasteiger partial charge in [0.2, 0.25) is 5.95 Å². The van der Waals surface area contributed by atoms with E-state index >= 15 is 0 Å². The summed E-state index contributed by atoms with van der Waals surface area (Å²) in [5.41, 5.74) is 9.58. The highest BCUT2D eigenvalue weighted by Gasteiger charge is 2.25. The number of likely N-dealkylation sites (tertiary alicyclic amines) is 1. The molecular formula is C30H25ClF2N6O. The van der Waals surface area contributed by atoms with Crippen LogP contribution in [0.25, 0.3) is 11.3 Å². The summed E-state index contributed by atoms with van der Waals surface area (Å²) in [6, 6.07) is 16.1. The second-order valence-electron chi connectivity index (χ2n) is 9.85. The van der Waals surface area contributed by atoms with Crippen molar-refractivity contribution in [1.29, 1.82) is 0 Å². The van der Waals surface area contributed by atoms with Crippen molar-refractivity contribution in [2.75, 3.05) is 18.4 Å². The summed E-state index contributed by atoms with van der Waals surface area (Å²) in [6.45, 7) is 1.44. The molecule has 1 fully saturated rings. The fourth-order valence-electron chi connectivity index (χ4n) is 5.03. The quantitative estimate of drug-likeness (QED) is 0.333. The number of halogens is 3. The molecule has 0 atom stereocenters. The van der Waals surface area contributed by atoms with E-state index in [1.807, 2.05) is 4.90 Å². The van der Waals surface area contributed by atoms with Gasteiger partial charge in [0, 0.05) is 58.3 Å². The Kier molecular flexibility index (Phi) is 7.00. The third kappa shape index (κ3) is 5.05. The number of hydrogen-bond acceptors (Lipinski definition) is 6. The zero-order chi connectivity index (χ0) is 27.8. The molecule has 1 amide bonds. The molecular weight excluding hydrogens is 534 g/mol. The highest BCUT2D eigenvalue weighted by molar-refractivity contribution is 6.31. The number of anilines is 2. The summed E-state index contributed by atoms with van der Waals surface area (Å²) in [5.74, 6) is -1.12. The lowest BCUT2D eigenvalue weighted by Gasteiger charge is -2.30. The number of aliphatic imine (C=N–C) groups is 1. The highest BCUT2D eigenvalue weighted by atomic mass is 35.5. The van der Waals surface area contributed by atoms with Gasteiger partial charge in [-0.2, -0.15) is 0 Å². The van der Waals surface area contributed by atoms with Crippen LogP contribution in [0, 0.1) is 11.6 Å². The number of nitrogens with zero attached hydrogens (tertiary/aromatic N) is 4. The first-order valence-corrected chi connectivity index (χ1v) is 13.3. The number of rotatable bonds is 4. The predicted octanol–water partition coefficient (Wildman–Crippen LogP) is 5.73. The Bertz CT molecular complexity index is 1610. The molecule has 0 aliphatic carbocycles. The minimum Gasteiger partial charge on any atom is -0.339 e. The summed E-state index contributed by atoms with van der Waals surface area (Å²) in [7, 11) is 0. The maximum atomic E-state index is 14.8. The fraction of sp³-hybridized carbons (Fsp3) is 0.200. The molecule has 1 saturated heterocycles. The minimum atomic E-state index is -0.713. The molecule has 6 rings (SSSR count). The number of piperidine rings is 1. The third-order valence-electron chi connectivity index (χ3n) is 7.18. The molecule has 3 aromatic carbocycles. The number of benzene rings is 3. The first kappa shape index (κ1) is 26.0. The van der Waals surface area contributed by atoms with Gasteiger partial charge >= 0.3 is 0 Å². The lowest BCUT2D eigenvalue weighted by Crippen LogP contribution is -2.42. The SMILES string of the molecule is NC1CCN(C(=O)c2ccc(Nc3ncc4c(n3)-c3ccc(Cl)cc3C(c3c(F)cccc3F)=NC4)cc2)CC1. The van der Waals surface area contributed by atoms with Gasteiger partial charge in [0.1, 0.15) is 11.6 Å². The second-order valence-corrected chi connectivity index (χ2v) is 10.3. The average molecular weight is 559 g/mol. The summed E-state index contributed by atoms with van der Waals surface area (Å²) in [4.78, 5) is 28.4. The molecule has 0 saturated carbocycles. The normalized spacial score (nSPS) is 15.1. The van der Waals surface area contributed by atoms with Crippen molar-refractivity contribution in [3.63, 3.8) is 0 Å². The smallest absolute Gasteiger partial charge is 0.253 e. The van der Waals surface area contributed by atoms with Crippen molar-refractivity contribution in [2.45, 2.75) is 25.4 Å². The van der Waals surface area contributed by atoms with Crippen LogP contribution in [0.3, 0.4) is 0 Å². The van der Waals surface area contributed by atoms with Gasteiger partial charge in [-0.15, -0.1) is 0 Å². The molecule has 202 valence electrons. The van der Waals surface area contributed by atoms with Crippen molar-refractivity contribution >= 4 is 34.9 Å². The number of nitrogens with two attached hydrogens (primary N) is 1. The second kappa shape index (κ2) is 10.7. The van der Waals surface area contributed by atoms with E-state index in [1.165, 1.54) is 18.2 Å². The largest absolute Gasteiger partial charge is 0.339 e. The molecule has 3 N–H and O–H groups in total. The maximum Gasteiger partial charge on any atom is 0.253 e. The van der Waals surface area contributed by atoms with Gasteiger partial charge in [0.25, 0.3) is 5.91 Å².